The van der Waals surface area contributed by atoms with Crippen LogP contribution in [0.25, 0.3) is 0 Å². The van der Waals surface area contributed by atoms with Crippen molar-refractivity contribution in [1.29, 1.82) is 0 Å². The van der Waals surface area contributed by atoms with Crippen LogP contribution < -0.4 is 5.19 Å². The van der Waals surface area contributed by atoms with Gasteiger partial charge in [0.1, 0.15) is 0 Å². The van der Waals surface area contributed by atoms with Crippen molar-refractivity contribution in [3.8, 4) is 0 Å². The summed E-state index contributed by atoms with van der Waals surface area (Å²) in [5, 5.41) is 1.54. The lowest BCUT2D eigenvalue weighted by molar-refractivity contribution is 0.107. The highest BCUT2D eigenvalue weighted by Crippen LogP contribution is 2.15. The maximum absolute atomic E-state index is 5.41. The maximum Gasteiger partial charge on any atom is 0.0775 e. The van der Waals surface area contributed by atoms with Crippen molar-refractivity contribution >= 4 is 13.3 Å². The minimum absolute atomic E-state index is 0.436. The van der Waals surface area contributed by atoms with Gasteiger partial charge in [0, 0.05) is 26.7 Å². The molecule has 1 unspecified atom stereocenters. The fourth-order valence-electron chi connectivity index (χ4n) is 2.50. The standard InChI is InChI=1S/C15H25NOSi/c1-17-14-9-10-16(12-14)11-13-5-7-15(8-6-13)18(2,3)4/h5-8,14H,9-12H2,1-4H3. The van der Waals surface area contributed by atoms with Crippen LogP contribution in [0.4, 0.5) is 0 Å². The third-order valence-electron chi connectivity index (χ3n) is 3.79. The molecule has 1 aromatic carbocycles. The van der Waals surface area contributed by atoms with E-state index in [1.807, 2.05) is 7.11 Å². The molecule has 0 bridgehead atoms. The summed E-state index contributed by atoms with van der Waals surface area (Å²) >= 11 is 0. The normalized spacial score (nSPS) is 21.4. The number of methoxy groups -OCH3 is 1. The highest BCUT2D eigenvalue weighted by atomic mass is 28.3. The van der Waals surface area contributed by atoms with Crippen molar-refractivity contribution in [3.05, 3.63) is 29.8 Å². The molecule has 18 heavy (non-hydrogen) atoms. The summed E-state index contributed by atoms with van der Waals surface area (Å²) in [6.07, 6.45) is 1.61. The Balaban J connectivity index is 1.95. The van der Waals surface area contributed by atoms with Gasteiger partial charge < -0.3 is 4.74 Å². The average molecular weight is 263 g/mol. The molecule has 1 aliphatic rings. The quantitative estimate of drug-likeness (QED) is 0.774. The Hall–Kier alpha value is -0.643. The van der Waals surface area contributed by atoms with E-state index in [0.717, 1.165) is 19.6 Å². The molecule has 3 heteroatoms. The predicted molar refractivity (Wildman–Crippen MR) is 80.1 cm³/mol. The molecule has 1 heterocycles. The molecule has 0 aromatic heterocycles. The molecule has 0 aliphatic carbocycles. The smallest absolute Gasteiger partial charge is 0.0775 e. The van der Waals surface area contributed by atoms with E-state index in [4.69, 9.17) is 4.74 Å². The summed E-state index contributed by atoms with van der Waals surface area (Å²) in [4.78, 5) is 2.48. The van der Waals surface area contributed by atoms with Crippen molar-refractivity contribution < 1.29 is 4.74 Å². The first kappa shape index (κ1) is 13.8. The van der Waals surface area contributed by atoms with Crippen LogP contribution >= 0.6 is 0 Å². The van der Waals surface area contributed by atoms with Crippen LogP contribution in [-0.2, 0) is 11.3 Å². The lowest BCUT2D eigenvalue weighted by Gasteiger charge is -2.19. The molecule has 1 saturated heterocycles. The predicted octanol–water partition coefficient (Wildman–Crippen LogP) is 2.45. The fraction of sp³-hybridized carbons (Fsp3) is 0.600. The lowest BCUT2D eigenvalue weighted by atomic mass is 10.2. The summed E-state index contributed by atoms with van der Waals surface area (Å²) in [6, 6.07) is 9.25. The van der Waals surface area contributed by atoms with Crippen molar-refractivity contribution in [1.82, 2.24) is 4.90 Å². The van der Waals surface area contributed by atoms with Gasteiger partial charge in [-0.2, -0.15) is 0 Å². The molecule has 0 N–H and O–H groups in total. The number of likely N-dealkylation sites (tertiary alicyclic amines) is 1. The molecular weight excluding hydrogens is 238 g/mol. The average Bonchev–Trinajstić information content (AvgIpc) is 2.76. The number of hydrogen-bond acceptors (Lipinski definition) is 2. The van der Waals surface area contributed by atoms with E-state index >= 15 is 0 Å². The second-order valence-electron chi connectivity index (χ2n) is 6.33. The highest BCUT2D eigenvalue weighted by Gasteiger charge is 2.22. The first-order chi connectivity index (χ1) is 8.49. The Bertz CT molecular complexity index is 382. The van der Waals surface area contributed by atoms with Gasteiger partial charge in [0.05, 0.1) is 14.2 Å². The molecule has 0 amide bonds. The Kier molecular flexibility index (Phi) is 4.25. The van der Waals surface area contributed by atoms with Crippen LogP contribution in [-0.4, -0.2) is 39.3 Å². The van der Waals surface area contributed by atoms with E-state index < -0.39 is 8.07 Å². The molecule has 1 fully saturated rings. The Morgan fingerprint density at radius 2 is 1.89 bits per heavy atom. The Labute approximate surface area is 112 Å². The van der Waals surface area contributed by atoms with E-state index in [1.165, 1.54) is 12.0 Å². The minimum atomic E-state index is -1.15. The summed E-state index contributed by atoms with van der Waals surface area (Å²) in [5.74, 6) is 0. The van der Waals surface area contributed by atoms with Gasteiger partial charge in [-0.05, 0) is 12.0 Å². The van der Waals surface area contributed by atoms with E-state index in [1.54, 1.807) is 5.19 Å². The van der Waals surface area contributed by atoms with Gasteiger partial charge in [-0.25, -0.2) is 0 Å². The minimum Gasteiger partial charge on any atom is -0.380 e. The van der Waals surface area contributed by atoms with E-state index in [0.29, 0.717) is 6.10 Å². The van der Waals surface area contributed by atoms with Crippen molar-refractivity contribution in [2.45, 2.75) is 38.7 Å². The summed E-state index contributed by atoms with van der Waals surface area (Å²) in [6.45, 7) is 10.5. The molecule has 2 nitrogen and oxygen atoms in total. The molecular formula is C15H25NOSi. The van der Waals surface area contributed by atoms with Gasteiger partial charge in [-0.3, -0.25) is 4.90 Å². The third kappa shape index (κ3) is 3.43. The van der Waals surface area contributed by atoms with Gasteiger partial charge in [-0.1, -0.05) is 49.1 Å². The number of rotatable bonds is 4. The second-order valence-corrected chi connectivity index (χ2v) is 11.4. The number of ether oxygens (including phenoxy) is 1. The largest absolute Gasteiger partial charge is 0.380 e. The monoisotopic (exact) mass is 263 g/mol. The van der Waals surface area contributed by atoms with Gasteiger partial charge >= 0.3 is 0 Å². The van der Waals surface area contributed by atoms with Crippen LogP contribution in [0.15, 0.2) is 24.3 Å². The summed E-state index contributed by atoms with van der Waals surface area (Å²) < 4.78 is 5.41. The second kappa shape index (κ2) is 5.55. The van der Waals surface area contributed by atoms with Gasteiger partial charge in [-0.15, -0.1) is 0 Å². The molecule has 0 saturated carbocycles. The first-order valence-electron chi connectivity index (χ1n) is 6.83. The van der Waals surface area contributed by atoms with Gasteiger partial charge in [0.2, 0.25) is 0 Å². The lowest BCUT2D eigenvalue weighted by Crippen LogP contribution is -2.37. The highest BCUT2D eigenvalue weighted by molar-refractivity contribution is 6.88. The van der Waals surface area contributed by atoms with Crippen LogP contribution in [0.3, 0.4) is 0 Å². The number of benzene rings is 1. The molecule has 100 valence electrons. The van der Waals surface area contributed by atoms with Crippen LogP contribution in [0.1, 0.15) is 12.0 Å². The molecule has 1 atom stereocenters. The van der Waals surface area contributed by atoms with Crippen LogP contribution in [0.2, 0.25) is 19.6 Å². The first-order valence-corrected chi connectivity index (χ1v) is 10.3. The Morgan fingerprint density at radius 1 is 1.22 bits per heavy atom. The van der Waals surface area contributed by atoms with E-state index in [9.17, 15) is 0 Å². The van der Waals surface area contributed by atoms with Crippen molar-refractivity contribution in [3.63, 3.8) is 0 Å². The van der Waals surface area contributed by atoms with Crippen LogP contribution in [0.5, 0.6) is 0 Å². The van der Waals surface area contributed by atoms with Crippen LogP contribution in [0, 0.1) is 0 Å². The maximum atomic E-state index is 5.41. The zero-order valence-corrected chi connectivity index (χ0v) is 13.1. The molecule has 1 aliphatic heterocycles. The van der Waals surface area contributed by atoms with E-state index in [2.05, 4.69) is 48.8 Å². The van der Waals surface area contributed by atoms with E-state index in [-0.39, 0.29) is 0 Å². The Morgan fingerprint density at radius 3 is 2.39 bits per heavy atom. The number of hydrogen-bond donors (Lipinski definition) is 0. The third-order valence-corrected chi connectivity index (χ3v) is 5.85. The summed E-state index contributed by atoms with van der Waals surface area (Å²) in [7, 11) is 0.666. The molecule has 1 aromatic rings. The SMILES string of the molecule is COC1CCN(Cc2ccc([Si](C)(C)C)cc2)C1. The van der Waals surface area contributed by atoms with Gasteiger partial charge in [0.15, 0.2) is 0 Å². The fourth-order valence-corrected chi connectivity index (χ4v) is 3.67. The molecule has 2 rings (SSSR count). The zero-order valence-electron chi connectivity index (χ0n) is 12.1. The topological polar surface area (TPSA) is 12.5 Å². The molecule has 0 spiro atoms. The van der Waals surface area contributed by atoms with Gasteiger partial charge in [0.25, 0.3) is 0 Å². The zero-order chi connectivity index (χ0) is 13.2. The van der Waals surface area contributed by atoms with Crippen molar-refractivity contribution in [2.75, 3.05) is 20.2 Å². The summed E-state index contributed by atoms with van der Waals surface area (Å²) in [5.41, 5.74) is 1.42. The van der Waals surface area contributed by atoms with Crippen molar-refractivity contribution in [2.24, 2.45) is 0 Å². The number of nitrogens with zero attached hydrogens (tertiary/aromatic N) is 1. The molecule has 0 radical (unpaired) electrons.